The zero-order chi connectivity index (χ0) is 23.4. The van der Waals surface area contributed by atoms with Gasteiger partial charge in [-0.1, -0.05) is 81.1 Å². The van der Waals surface area contributed by atoms with Gasteiger partial charge >= 0.3 is 0 Å². The van der Waals surface area contributed by atoms with E-state index in [0.717, 1.165) is 41.2 Å². The summed E-state index contributed by atoms with van der Waals surface area (Å²) in [5, 5.41) is 3.07. The quantitative estimate of drug-likeness (QED) is 0.507. The molecular weight excluding hydrogens is 414 g/mol. The molecule has 6 rings (SSSR count). The van der Waals surface area contributed by atoms with Crippen molar-refractivity contribution in [3.05, 3.63) is 106 Å². The Bertz CT molecular complexity index is 1190. The van der Waals surface area contributed by atoms with Gasteiger partial charge in [-0.3, -0.25) is 4.79 Å². The van der Waals surface area contributed by atoms with Crippen LogP contribution in [-0.2, 0) is 4.79 Å². The third-order valence-electron chi connectivity index (χ3n) is 8.20. The molecule has 0 saturated carbocycles. The highest BCUT2D eigenvalue weighted by Gasteiger charge is 2.38. The van der Waals surface area contributed by atoms with Gasteiger partial charge in [-0.05, 0) is 77.3 Å². The number of hydrogen-bond donors (Lipinski definition) is 1. The highest BCUT2D eigenvalue weighted by atomic mass is 16.2. The predicted octanol–water partition coefficient (Wildman–Crippen LogP) is 7.52. The van der Waals surface area contributed by atoms with Crippen LogP contribution in [0.5, 0.6) is 0 Å². The van der Waals surface area contributed by atoms with E-state index in [4.69, 9.17) is 0 Å². The molecule has 0 fully saturated rings. The van der Waals surface area contributed by atoms with Crippen molar-refractivity contribution in [2.75, 3.05) is 0 Å². The van der Waals surface area contributed by atoms with Crippen LogP contribution in [0.25, 0.3) is 11.1 Å². The summed E-state index contributed by atoms with van der Waals surface area (Å²) < 4.78 is 0. The van der Waals surface area contributed by atoms with Gasteiger partial charge in [0.15, 0.2) is 0 Å². The lowest BCUT2D eigenvalue weighted by Crippen LogP contribution is -2.16. The van der Waals surface area contributed by atoms with Crippen molar-refractivity contribution in [2.45, 2.75) is 57.8 Å². The van der Waals surface area contributed by atoms with Crippen molar-refractivity contribution < 1.29 is 4.79 Å². The molecule has 2 nitrogen and oxygen atoms in total. The zero-order valence-electron chi connectivity index (χ0n) is 20.2. The Balaban J connectivity index is 1.56. The normalized spacial score (nSPS) is 25.6. The van der Waals surface area contributed by atoms with Gasteiger partial charge in [0, 0.05) is 23.1 Å². The highest BCUT2D eigenvalue weighted by molar-refractivity contribution is 6.18. The average Bonchev–Trinajstić information content (AvgIpc) is 3.46. The fourth-order valence-electron chi connectivity index (χ4n) is 6.76. The largest absolute Gasteiger partial charge is 0.322 e. The molecule has 2 aromatic rings. The minimum absolute atomic E-state index is 0.0175. The molecule has 172 valence electrons. The van der Waals surface area contributed by atoms with E-state index in [1.54, 1.807) is 0 Å². The topological polar surface area (TPSA) is 29.1 Å². The number of amides is 1. The van der Waals surface area contributed by atoms with Gasteiger partial charge in [0.2, 0.25) is 0 Å². The molecule has 34 heavy (non-hydrogen) atoms. The predicted molar refractivity (Wildman–Crippen MR) is 140 cm³/mol. The Labute approximate surface area is 203 Å². The Morgan fingerprint density at radius 2 is 1.35 bits per heavy atom. The highest BCUT2D eigenvalue weighted by Crippen LogP contribution is 2.51. The first-order chi connectivity index (χ1) is 16.5. The maximum Gasteiger partial charge on any atom is 0.256 e. The van der Waals surface area contributed by atoms with Gasteiger partial charge in [-0.15, -0.1) is 0 Å². The van der Waals surface area contributed by atoms with Crippen LogP contribution in [0, 0.1) is 11.8 Å². The molecule has 3 aliphatic carbocycles. The number of fused-ring (bicyclic) bond motifs is 10. The second kappa shape index (κ2) is 8.27. The Morgan fingerprint density at radius 3 is 1.91 bits per heavy atom. The smallest absolute Gasteiger partial charge is 0.256 e. The van der Waals surface area contributed by atoms with Crippen molar-refractivity contribution in [3.63, 3.8) is 0 Å². The lowest BCUT2D eigenvalue weighted by molar-refractivity contribution is -0.115. The maximum absolute atomic E-state index is 13.4. The first kappa shape index (κ1) is 21.4. The van der Waals surface area contributed by atoms with Gasteiger partial charge in [-0.2, -0.15) is 0 Å². The molecule has 2 aromatic carbocycles. The summed E-state index contributed by atoms with van der Waals surface area (Å²) in [6, 6.07) is 17.5. The zero-order valence-corrected chi connectivity index (χ0v) is 20.2. The van der Waals surface area contributed by atoms with E-state index < -0.39 is 0 Å². The van der Waals surface area contributed by atoms with Gasteiger partial charge in [-0.25, -0.2) is 0 Å². The molecule has 0 aromatic heterocycles. The number of hydrogen-bond acceptors (Lipinski definition) is 1. The second-order valence-electron chi connectivity index (χ2n) is 10.9. The molecule has 3 atom stereocenters. The lowest BCUT2D eigenvalue weighted by Gasteiger charge is -2.22. The summed E-state index contributed by atoms with van der Waals surface area (Å²) in [6.45, 7) is 9.00. The summed E-state index contributed by atoms with van der Waals surface area (Å²) in [7, 11) is 0. The fourth-order valence-corrected chi connectivity index (χ4v) is 6.76. The molecule has 0 spiro atoms. The van der Waals surface area contributed by atoms with E-state index in [1.165, 1.54) is 47.1 Å². The number of benzene rings is 2. The van der Waals surface area contributed by atoms with E-state index in [0.29, 0.717) is 17.8 Å². The number of nitrogens with one attached hydrogen (secondary N) is 1. The number of carbonyl (C=O) groups excluding carboxylic acids is 1. The molecule has 0 saturated heterocycles. The van der Waals surface area contributed by atoms with Crippen LogP contribution in [-0.4, -0.2) is 5.91 Å². The van der Waals surface area contributed by atoms with Crippen molar-refractivity contribution in [1.82, 2.24) is 5.32 Å². The third-order valence-corrected chi connectivity index (χ3v) is 8.20. The van der Waals surface area contributed by atoms with E-state index in [1.807, 2.05) is 0 Å². The fraction of sp³-hybridized carbons (Fsp3) is 0.344. The van der Waals surface area contributed by atoms with Crippen LogP contribution < -0.4 is 5.32 Å². The molecule has 1 N–H and O–H groups in total. The van der Waals surface area contributed by atoms with Crippen LogP contribution in [0.15, 0.2) is 84.1 Å². The molecule has 0 radical (unpaired) electrons. The summed E-state index contributed by atoms with van der Waals surface area (Å²) in [5.74, 6) is 2.19. The SMILES string of the molecule is C=C1NC(=O)C2=C1C1=CC(CCC(CC(C)C)CCC3C=C2c2ccccc23)c2ccccc21. The molecule has 4 bridgehead atoms. The van der Waals surface area contributed by atoms with Gasteiger partial charge < -0.3 is 5.32 Å². The lowest BCUT2D eigenvalue weighted by atomic mass is 9.83. The maximum atomic E-state index is 13.4. The molecule has 1 heterocycles. The average molecular weight is 448 g/mol. The van der Waals surface area contributed by atoms with Crippen molar-refractivity contribution >= 4 is 17.1 Å². The molecule has 3 unspecified atom stereocenters. The Hall–Kier alpha value is -3.13. The summed E-state index contributed by atoms with van der Waals surface area (Å²) in [4.78, 5) is 13.4. The minimum atomic E-state index is -0.0175. The standard InChI is InChI=1S/C32H33NO/c1-19(2)16-21-12-14-22-17-28(26-10-6-4-8-24(22)26)30-20(3)33-32(34)31(30)29-18-23(15-13-21)25-9-5-7-11-27(25)29/h4-11,17-19,21-23H,3,12-16H2,1-2H3,(H,33,34). The van der Waals surface area contributed by atoms with Crippen LogP contribution in [0.1, 0.15) is 80.0 Å². The van der Waals surface area contributed by atoms with Crippen LogP contribution in [0.4, 0.5) is 0 Å². The first-order valence-electron chi connectivity index (χ1n) is 12.9. The summed E-state index contributed by atoms with van der Waals surface area (Å²) >= 11 is 0. The summed E-state index contributed by atoms with van der Waals surface area (Å²) in [5.41, 5.74) is 10.1. The third kappa shape index (κ3) is 3.43. The van der Waals surface area contributed by atoms with E-state index >= 15 is 0 Å². The monoisotopic (exact) mass is 447 g/mol. The summed E-state index contributed by atoms with van der Waals surface area (Å²) in [6.07, 6.45) is 10.9. The first-order valence-corrected chi connectivity index (χ1v) is 12.9. The minimum Gasteiger partial charge on any atom is -0.322 e. The van der Waals surface area contributed by atoms with E-state index in [-0.39, 0.29) is 5.91 Å². The second-order valence-corrected chi connectivity index (χ2v) is 10.9. The van der Waals surface area contributed by atoms with Gasteiger partial charge in [0.05, 0.1) is 5.57 Å². The molecule has 4 aliphatic rings. The molecule has 2 heteroatoms. The molecule has 1 aliphatic heterocycles. The number of carbonyl (C=O) groups is 1. The van der Waals surface area contributed by atoms with Crippen LogP contribution in [0.3, 0.4) is 0 Å². The van der Waals surface area contributed by atoms with Crippen molar-refractivity contribution in [3.8, 4) is 0 Å². The van der Waals surface area contributed by atoms with Crippen molar-refractivity contribution in [2.24, 2.45) is 11.8 Å². The van der Waals surface area contributed by atoms with Crippen LogP contribution >= 0.6 is 0 Å². The van der Waals surface area contributed by atoms with E-state index in [2.05, 4.69) is 86.4 Å². The van der Waals surface area contributed by atoms with E-state index in [9.17, 15) is 4.79 Å². The number of allylic oxidation sites excluding steroid dienone is 3. The van der Waals surface area contributed by atoms with Crippen LogP contribution in [0.2, 0.25) is 0 Å². The van der Waals surface area contributed by atoms with Crippen molar-refractivity contribution in [1.29, 1.82) is 0 Å². The number of rotatable bonds is 2. The molecule has 1 amide bonds. The molecular formula is C32H33NO. The van der Waals surface area contributed by atoms with Gasteiger partial charge in [0.1, 0.15) is 0 Å². The Kier molecular flexibility index (Phi) is 5.21. The van der Waals surface area contributed by atoms with Gasteiger partial charge in [0.25, 0.3) is 5.91 Å². The Morgan fingerprint density at radius 1 is 0.824 bits per heavy atom.